The highest BCUT2D eigenvalue weighted by atomic mass is 16.2. The maximum absolute atomic E-state index is 12.8. The number of rotatable bonds is 2. The summed E-state index contributed by atoms with van der Waals surface area (Å²) >= 11 is 0. The van der Waals surface area contributed by atoms with E-state index in [0.29, 0.717) is 19.0 Å². The monoisotopic (exact) mass is 342 g/mol. The van der Waals surface area contributed by atoms with Gasteiger partial charge in [0.25, 0.3) is 0 Å². The second-order valence-corrected chi connectivity index (χ2v) is 7.56. The number of carbonyl (C=O) groups excluding carboxylic acids is 2. The Morgan fingerprint density at radius 3 is 2.68 bits per heavy atom. The van der Waals surface area contributed by atoms with Crippen molar-refractivity contribution < 1.29 is 9.59 Å². The third kappa shape index (κ3) is 3.14. The van der Waals surface area contributed by atoms with Gasteiger partial charge in [-0.1, -0.05) is 6.42 Å². The standard InChI is InChI=1S/C19H26N4O2/c1-13(24)22-10-8-16-15(12-22)11-20-18(21-16)17-7-2-3-9-23(17)19(25)14-5-4-6-14/h11,14,17H,2-10,12H2,1H3/t17-/m0/s1. The van der Waals surface area contributed by atoms with Crippen LogP contribution < -0.4 is 0 Å². The first kappa shape index (κ1) is 16.5. The zero-order valence-electron chi connectivity index (χ0n) is 14.9. The van der Waals surface area contributed by atoms with Crippen LogP contribution in [0.4, 0.5) is 0 Å². The molecule has 1 saturated heterocycles. The minimum absolute atomic E-state index is 0.0259. The Bertz CT molecular complexity index is 686. The fourth-order valence-electron chi connectivity index (χ4n) is 4.11. The van der Waals surface area contributed by atoms with Gasteiger partial charge in [0, 0.05) is 50.7 Å². The first-order valence-electron chi connectivity index (χ1n) is 9.54. The highest BCUT2D eigenvalue weighted by molar-refractivity contribution is 5.80. The van der Waals surface area contributed by atoms with E-state index >= 15 is 0 Å². The topological polar surface area (TPSA) is 66.4 Å². The molecule has 6 nitrogen and oxygen atoms in total. The molecule has 6 heteroatoms. The lowest BCUT2D eigenvalue weighted by Crippen LogP contribution is -2.44. The van der Waals surface area contributed by atoms with E-state index in [1.165, 1.54) is 6.42 Å². The fraction of sp³-hybridized carbons (Fsp3) is 0.684. The summed E-state index contributed by atoms with van der Waals surface area (Å²) < 4.78 is 0. The van der Waals surface area contributed by atoms with Crippen LogP contribution in [0.2, 0.25) is 0 Å². The van der Waals surface area contributed by atoms with Gasteiger partial charge in [0.15, 0.2) is 5.82 Å². The van der Waals surface area contributed by atoms with Crippen molar-refractivity contribution in [3.63, 3.8) is 0 Å². The molecular weight excluding hydrogens is 316 g/mol. The lowest BCUT2D eigenvalue weighted by Gasteiger charge is -2.39. The number of amides is 2. The molecule has 0 radical (unpaired) electrons. The molecule has 134 valence electrons. The van der Waals surface area contributed by atoms with Crippen molar-refractivity contribution in [2.75, 3.05) is 13.1 Å². The van der Waals surface area contributed by atoms with E-state index in [4.69, 9.17) is 4.98 Å². The average Bonchev–Trinajstić information content (AvgIpc) is 2.59. The summed E-state index contributed by atoms with van der Waals surface area (Å²) in [5.74, 6) is 1.42. The van der Waals surface area contributed by atoms with Gasteiger partial charge in [-0.2, -0.15) is 0 Å². The van der Waals surface area contributed by atoms with Crippen LogP contribution >= 0.6 is 0 Å². The Morgan fingerprint density at radius 1 is 1.12 bits per heavy atom. The molecule has 1 atom stereocenters. The molecular formula is C19H26N4O2. The highest BCUT2D eigenvalue weighted by Gasteiger charge is 2.36. The van der Waals surface area contributed by atoms with Gasteiger partial charge in [0.05, 0.1) is 11.7 Å². The molecule has 0 N–H and O–H groups in total. The Balaban J connectivity index is 1.55. The quantitative estimate of drug-likeness (QED) is 0.827. The van der Waals surface area contributed by atoms with Crippen molar-refractivity contribution in [2.45, 2.75) is 64.5 Å². The molecule has 0 unspecified atom stereocenters. The van der Waals surface area contributed by atoms with Crippen molar-refractivity contribution in [3.05, 3.63) is 23.3 Å². The lowest BCUT2D eigenvalue weighted by molar-refractivity contribution is -0.142. The van der Waals surface area contributed by atoms with E-state index in [9.17, 15) is 9.59 Å². The van der Waals surface area contributed by atoms with Crippen molar-refractivity contribution >= 4 is 11.8 Å². The summed E-state index contributed by atoms with van der Waals surface area (Å²) in [6, 6.07) is 0.0259. The van der Waals surface area contributed by atoms with Crippen LogP contribution in [-0.4, -0.2) is 44.7 Å². The molecule has 1 aromatic rings. The van der Waals surface area contributed by atoms with Crippen molar-refractivity contribution in [1.29, 1.82) is 0 Å². The van der Waals surface area contributed by atoms with Gasteiger partial charge in [-0.25, -0.2) is 9.97 Å². The molecule has 0 aromatic carbocycles. The molecule has 0 spiro atoms. The van der Waals surface area contributed by atoms with Gasteiger partial charge >= 0.3 is 0 Å². The minimum atomic E-state index is 0.0259. The molecule has 4 rings (SSSR count). The molecule has 3 heterocycles. The van der Waals surface area contributed by atoms with Gasteiger partial charge in [-0.05, 0) is 32.1 Å². The number of hydrogen-bond acceptors (Lipinski definition) is 4. The summed E-state index contributed by atoms with van der Waals surface area (Å²) in [5, 5.41) is 0. The third-order valence-corrected chi connectivity index (χ3v) is 5.94. The predicted octanol–water partition coefficient (Wildman–Crippen LogP) is 2.23. The maximum Gasteiger partial charge on any atom is 0.226 e. The molecule has 1 aromatic heterocycles. The summed E-state index contributed by atoms with van der Waals surface area (Å²) in [5.41, 5.74) is 2.09. The largest absolute Gasteiger partial charge is 0.338 e. The van der Waals surface area contributed by atoms with E-state index in [-0.39, 0.29) is 17.9 Å². The number of carbonyl (C=O) groups is 2. The molecule has 2 fully saturated rings. The first-order chi connectivity index (χ1) is 12.1. The summed E-state index contributed by atoms with van der Waals surface area (Å²) in [7, 11) is 0. The number of likely N-dealkylation sites (tertiary alicyclic amines) is 1. The lowest BCUT2D eigenvalue weighted by atomic mass is 9.83. The number of hydrogen-bond donors (Lipinski definition) is 0. The van der Waals surface area contributed by atoms with Crippen LogP contribution in [0.5, 0.6) is 0 Å². The van der Waals surface area contributed by atoms with E-state index in [1.54, 1.807) is 6.92 Å². The van der Waals surface area contributed by atoms with Gasteiger partial charge in [0.2, 0.25) is 11.8 Å². The third-order valence-electron chi connectivity index (χ3n) is 5.94. The average molecular weight is 342 g/mol. The smallest absolute Gasteiger partial charge is 0.226 e. The Kier molecular flexibility index (Phi) is 4.44. The number of fused-ring (bicyclic) bond motifs is 1. The van der Waals surface area contributed by atoms with Crippen molar-refractivity contribution in [3.8, 4) is 0 Å². The number of aromatic nitrogens is 2. The molecule has 2 amide bonds. The van der Waals surface area contributed by atoms with E-state index in [0.717, 1.165) is 62.2 Å². The van der Waals surface area contributed by atoms with E-state index < -0.39 is 0 Å². The molecule has 1 saturated carbocycles. The zero-order chi connectivity index (χ0) is 17.4. The minimum Gasteiger partial charge on any atom is -0.338 e. The van der Waals surface area contributed by atoms with Crippen LogP contribution in [0.3, 0.4) is 0 Å². The zero-order valence-corrected chi connectivity index (χ0v) is 14.9. The van der Waals surface area contributed by atoms with Crippen LogP contribution in [0.15, 0.2) is 6.20 Å². The SMILES string of the molecule is CC(=O)N1CCc2nc([C@@H]3CCCCN3C(=O)C3CCC3)ncc2C1. The normalized spacial score (nSPS) is 23.8. The molecule has 1 aliphatic carbocycles. The Morgan fingerprint density at radius 2 is 1.96 bits per heavy atom. The van der Waals surface area contributed by atoms with Crippen molar-refractivity contribution in [1.82, 2.24) is 19.8 Å². The Hall–Kier alpha value is -1.98. The Labute approximate surface area is 148 Å². The van der Waals surface area contributed by atoms with Gasteiger partial charge < -0.3 is 9.80 Å². The summed E-state index contributed by atoms with van der Waals surface area (Å²) in [6.07, 6.45) is 9.04. The van der Waals surface area contributed by atoms with Gasteiger partial charge in [0.1, 0.15) is 0 Å². The second kappa shape index (κ2) is 6.73. The molecule has 2 aliphatic heterocycles. The fourth-order valence-corrected chi connectivity index (χ4v) is 4.11. The molecule has 3 aliphatic rings. The van der Waals surface area contributed by atoms with Crippen LogP contribution in [0.1, 0.15) is 68.6 Å². The van der Waals surface area contributed by atoms with Gasteiger partial charge in [-0.15, -0.1) is 0 Å². The molecule has 0 bridgehead atoms. The van der Waals surface area contributed by atoms with Crippen LogP contribution in [0, 0.1) is 5.92 Å². The van der Waals surface area contributed by atoms with E-state index in [2.05, 4.69) is 4.98 Å². The van der Waals surface area contributed by atoms with Gasteiger partial charge in [-0.3, -0.25) is 9.59 Å². The van der Waals surface area contributed by atoms with Crippen molar-refractivity contribution in [2.24, 2.45) is 5.92 Å². The number of nitrogens with zero attached hydrogens (tertiary/aromatic N) is 4. The first-order valence-corrected chi connectivity index (χ1v) is 9.54. The highest BCUT2D eigenvalue weighted by Crippen LogP contribution is 2.35. The summed E-state index contributed by atoms with van der Waals surface area (Å²) in [6.45, 7) is 3.75. The van der Waals surface area contributed by atoms with E-state index in [1.807, 2.05) is 16.0 Å². The predicted molar refractivity (Wildman–Crippen MR) is 92.5 cm³/mol. The van der Waals surface area contributed by atoms with Crippen LogP contribution in [-0.2, 0) is 22.6 Å². The molecule has 25 heavy (non-hydrogen) atoms. The second-order valence-electron chi connectivity index (χ2n) is 7.56. The summed E-state index contributed by atoms with van der Waals surface area (Å²) in [4.78, 5) is 37.7. The van der Waals surface area contributed by atoms with Crippen LogP contribution in [0.25, 0.3) is 0 Å². The maximum atomic E-state index is 12.8. The number of piperidine rings is 1.